The van der Waals surface area contributed by atoms with E-state index in [0.717, 1.165) is 22.7 Å². The molecule has 108 valence electrons. The third kappa shape index (κ3) is 2.45. The molecule has 0 spiro atoms. The minimum atomic E-state index is 0.191. The van der Waals surface area contributed by atoms with Crippen molar-refractivity contribution in [1.82, 2.24) is 19.7 Å². The minimum absolute atomic E-state index is 0.191. The van der Waals surface area contributed by atoms with E-state index in [1.165, 1.54) is 0 Å². The predicted octanol–water partition coefficient (Wildman–Crippen LogP) is 2.63. The molecule has 0 aromatic carbocycles. The third-order valence-electron chi connectivity index (χ3n) is 3.31. The van der Waals surface area contributed by atoms with Crippen LogP contribution in [0, 0.1) is 20.8 Å². The van der Waals surface area contributed by atoms with Crippen molar-refractivity contribution in [1.29, 1.82) is 0 Å². The molecule has 0 saturated heterocycles. The largest absolute Gasteiger partial charge is 0.435 e. The van der Waals surface area contributed by atoms with Crippen LogP contribution in [0.25, 0.3) is 0 Å². The van der Waals surface area contributed by atoms with Crippen LogP contribution in [-0.2, 0) is 7.05 Å². The highest BCUT2D eigenvalue weighted by Crippen LogP contribution is 2.31. The van der Waals surface area contributed by atoms with Crippen LogP contribution in [0.4, 0.5) is 5.82 Å². The van der Waals surface area contributed by atoms with E-state index in [1.807, 2.05) is 41.7 Å². The van der Waals surface area contributed by atoms with E-state index in [1.54, 1.807) is 4.68 Å². The van der Waals surface area contributed by atoms with Gasteiger partial charge in [0.25, 0.3) is 0 Å². The summed E-state index contributed by atoms with van der Waals surface area (Å²) in [5, 5.41) is 4.33. The van der Waals surface area contributed by atoms with Gasteiger partial charge in [-0.25, -0.2) is 4.98 Å². The zero-order chi connectivity index (χ0) is 15.0. The van der Waals surface area contributed by atoms with Crippen molar-refractivity contribution in [2.24, 2.45) is 7.05 Å². The summed E-state index contributed by atoms with van der Waals surface area (Å²) in [6.07, 6.45) is 0. The van der Waals surface area contributed by atoms with Gasteiger partial charge in [0.2, 0.25) is 5.88 Å². The summed E-state index contributed by atoms with van der Waals surface area (Å²) in [4.78, 5) is 8.76. The highest BCUT2D eigenvalue weighted by molar-refractivity contribution is 5.47. The fourth-order valence-corrected chi connectivity index (χ4v) is 1.89. The van der Waals surface area contributed by atoms with E-state index in [-0.39, 0.29) is 5.92 Å². The Hall–Kier alpha value is -2.11. The number of hydrogen-bond acceptors (Lipinski definition) is 5. The Labute approximate surface area is 119 Å². The molecule has 0 radical (unpaired) electrons. The quantitative estimate of drug-likeness (QED) is 0.931. The first-order chi connectivity index (χ1) is 9.31. The van der Waals surface area contributed by atoms with Crippen LogP contribution >= 0.6 is 0 Å². The fourth-order valence-electron chi connectivity index (χ4n) is 1.89. The van der Waals surface area contributed by atoms with E-state index < -0.39 is 0 Å². The number of ether oxygens (including phenoxy) is 1. The SMILES string of the molecule is Cc1nn(C)c(C)c1Oc1nc(C(C)C)nc(N)c1C. The van der Waals surface area contributed by atoms with Gasteiger partial charge in [-0.1, -0.05) is 13.8 Å². The smallest absolute Gasteiger partial charge is 0.227 e. The van der Waals surface area contributed by atoms with Gasteiger partial charge in [-0.15, -0.1) is 0 Å². The summed E-state index contributed by atoms with van der Waals surface area (Å²) >= 11 is 0. The molecule has 0 amide bonds. The normalized spacial score (nSPS) is 11.2. The number of rotatable bonds is 3. The molecule has 0 aliphatic heterocycles. The number of hydrogen-bond donors (Lipinski definition) is 1. The number of aryl methyl sites for hydroxylation is 2. The maximum atomic E-state index is 5.95. The lowest BCUT2D eigenvalue weighted by Crippen LogP contribution is -2.06. The fraction of sp³-hybridized carbons (Fsp3) is 0.500. The van der Waals surface area contributed by atoms with Gasteiger partial charge in [0.05, 0.1) is 11.3 Å². The highest BCUT2D eigenvalue weighted by Gasteiger charge is 2.17. The summed E-state index contributed by atoms with van der Waals surface area (Å²) in [5.41, 5.74) is 8.47. The molecule has 0 aliphatic carbocycles. The molecule has 0 unspecified atom stereocenters. The van der Waals surface area contributed by atoms with Crippen LogP contribution in [0.5, 0.6) is 11.6 Å². The van der Waals surface area contributed by atoms with Crippen LogP contribution in [-0.4, -0.2) is 19.7 Å². The molecular weight excluding hydrogens is 254 g/mol. The molecule has 0 fully saturated rings. The summed E-state index contributed by atoms with van der Waals surface area (Å²) in [7, 11) is 1.88. The lowest BCUT2D eigenvalue weighted by molar-refractivity contribution is 0.446. The first-order valence-electron chi connectivity index (χ1n) is 6.63. The number of nitrogens with two attached hydrogens (primary N) is 1. The summed E-state index contributed by atoms with van der Waals surface area (Å²) in [5.74, 6) is 2.56. The second-order valence-corrected chi connectivity index (χ2v) is 5.28. The molecule has 0 atom stereocenters. The van der Waals surface area contributed by atoms with Crippen LogP contribution in [0.15, 0.2) is 0 Å². The average molecular weight is 275 g/mol. The van der Waals surface area contributed by atoms with Crippen molar-refractivity contribution in [3.63, 3.8) is 0 Å². The number of nitrogens with zero attached hydrogens (tertiary/aromatic N) is 4. The Morgan fingerprint density at radius 2 is 1.80 bits per heavy atom. The lowest BCUT2D eigenvalue weighted by atomic mass is 10.2. The van der Waals surface area contributed by atoms with E-state index in [9.17, 15) is 0 Å². The molecular formula is C14H21N5O. The lowest BCUT2D eigenvalue weighted by Gasteiger charge is -2.12. The Morgan fingerprint density at radius 1 is 1.15 bits per heavy atom. The molecule has 2 rings (SSSR count). The molecule has 2 N–H and O–H groups in total. The monoisotopic (exact) mass is 275 g/mol. The Bertz CT molecular complexity index is 645. The maximum absolute atomic E-state index is 5.95. The molecule has 2 aromatic rings. The van der Waals surface area contributed by atoms with Gasteiger partial charge in [0, 0.05) is 13.0 Å². The average Bonchev–Trinajstić information content (AvgIpc) is 2.60. The predicted molar refractivity (Wildman–Crippen MR) is 78.0 cm³/mol. The van der Waals surface area contributed by atoms with Crippen molar-refractivity contribution in [2.75, 3.05) is 5.73 Å². The standard InChI is InChI=1S/C14H21N5O/c1-7(2)13-16-12(15)8(3)14(17-13)20-11-9(4)18-19(6)10(11)5/h7H,1-6H3,(H2,15,16,17). The summed E-state index contributed by atoms with van der Waals surface area (Å²) in [6, 6.07) is 0. The van der Waals surface area contributed by atoms with Crippen LogP contribution in [0.1, 0.15) is 42.5 Å². The van der Waals surface area contributed by atoms with Crippen LogP contribution < -0.4 is 10.5 Å². The van der Waals surface area contributed by atoms with Gasteiger partial charge in [0.1, 0.15) is 17.3 Å². The van der Waals surface area contributed by atoms with Gasteiger partial charge in [0.15, 0.2) is 5.75 Å². The molecule has 0 aliphatic rings. The number of anilines is 1. The second-order valence-electron chi connectivity index (χ2n) is 5.28. The van der Waals surface area contributed by atoms with E-state index >= 15 is 0 Å². The number of nitrogen functional groups attached to an aromatic ring is 1. The second kappa shape index (κ2) is 5.11. The van der Waals surface area contributed by atoms with E-state index in [2.05, 4.69) is 15.1 Å². The molecule has 2 heterocycles. The summed E-state index contributed by atoms with van der Waals surface area (Å²) < 4.78 is 7.73. The highest BCUT2D eigenvalue weighted by atomic mass is 16.5. The van der Waals surface area contributed by atoms with Crippen molar-refractivity contribution in [3.05, 3.63) is 22.8 Å². The van der Waals surface area contributed by atoms with Gasteiger partial charge in [-0.05, 0) is 20.8 Å². The Balaban J connectivity index is 2.48. The Kier molecular flexibility index (Phi) is 3.65. The minimum Gasteiger partial charge on any atom is -0.435 e. The molecule has 20 heavy (non-hydrogen) atoms. The van der Waals surface area contributed by atoms with Crippen molar-refractivity contribution >= 4 is 5.82 Å². The molecule has 6 nitrogen and oxygen atoms in total. The van der Waals surface area contributed by atoms with Gasteiger partial charge >= 0.3 is 0 Å². The van der Waals surface area contributed by atoms with E-state index in [4.69, 9.17) is 10.5 Å². The van der Waals surface area contributed by atoms with Crippen molar-refractivity contribution < 1.29 is 4.74 Å². The maximum Gasteiger partial charge on any atom is 0.227 e. The van der Waals surface area contributed by atoms with Gasteiger partial charge in [-0.3, -0.25) is 4.68 Å². The molecule has 6 heteroatoms. The van der Waals surface area contributed by atoms with Gasteiger partial charge < -0.3 is 10.5 Å². The Morgan fingerprint density at radius 3 is 2.30 bits per heavy atom. The van der Waals surface area contributed by atoms with Gasteiger partial charge in [-0.2, -0.15) is 10.1 Å². The van der Waals surface area contributed by atoms with Crippen molar-refractivity contribution in [2.45, 2.75) is 40.5 Å². The topological polar surface area (TPSA) is 78.8 Å². The molecule has 0 bridgehead atoms. The molecule has 2 aromatic heterocycles. The first kappa shape index (κ1) is 14.3. The van der Waals surface area contributed by atoms with Crippen molar-refractivity contribution in [3.8, 4) is 11.6 Å². The van der Waals surface area contributed by atoms with Crippen LogP contribution in [0.2, 0.25) is 0 Å². The van der Waals surface area contributed by atoms with Crippen LogP contribution in [0.3, 0.4) is 0 Å². The zero-order valence-corrected chi connectivity index (χ0v) is 12.9. The summed E-state index contributed by atoms with van der Waals surface area (Å²) in [6.45, 7) is 9.77. The number of aromatic nitrogens is 4. The first-order valence-corrected chi connectivity index (χ1v) is 6.63. The zero-order valence-electron chi connectivity index (χ0n) is 12.9. The molecule has 0 saturated carbocycles. The van der Waals surface area contributed by atoms with E-state index in [0.29, 0.717) is 17.5 Å². The third-order valence-corrected chi connectivity index (χ3v) is 3.31.